The van der Waals surface area contributed by atoms with Crippen molar-refractivity contribution in [1.29, 1.82) is 0 Å². The first-order chi connectivity index (χ1) is 9.47. The third-order valence-electron chi connectivity index (χ3n) is 3.40. The van der Waals surface area contributed by atoms with Crippen molar-refractivity contribution >= 4 is 5.97 Å². The van der Waals surface area contributed by atoms with Gasteiger partial charge in [0, 0.05) is 0 Å². The molecule has 0 saturated carbocycles. The van der Waals surface area contributed by atoms with E-state index in [1.807, 2.05) is 13.0 Å². The molecule has 0 radical (unpaired) electrons. The minimum Gasteiger partial charge on any atom is -0.489 e. The zero-order chi connectivity index (χ0) is 14.7. The highest BCUT2D eigenvalue weighted by Crippen LogP contribution is 2.21. The maximum absolute atomic E-state index is 11.0. The monoisotopic (exact) mass is 270 g/mol. The van der Waals surface area contributed by atoms with Crippen LogP contribution in [-0.2, 0) is 6.61 Å². The molecule has 0 atom stereocenters. The highest BCUT2D eigenvalue weighted by Gasteiger charge is 2.07. The van der Waals surface area contributed by atoms with Gasteiger partial charge in [-0.2, -0.15) is 0 Å². The van der Waals surface area contributed by atoms with Crippen molar-refractivity contribution in [3.05, 3.63) is 64.2 Å². The van der Waals surface area contributed by atoms with Crippen LogP contribution < -0.4 is 4.74 Å². The molecule has 0 bridgehead atoms. The predicted molar refractivity (Wildman–Crippen MR) is 78.4 cm³/mol. The van der Waals surface area contributed by atoms with E-state index in [-0.39, 0.29) is 5.56 Å². The minimum atomic E-state index is -0.943. The van der Waals surface area contributed by atoms with Crippen LogP contribution in [0.4, 0.5) is 0 Å². The second-order valence-electron chi connectivity index (χ2n) is 4.99. The standard InChI is InChI=1S/C17H18O3/c1-11-4-6-14(8-13(11)3)10-20-16-9-15(17(18)19)7-5-12(16)2/h4-9H,10H2,1-3H3,(H,18,19). The largest absolute Gasteiger partial charge is 0.489 e. The Bertz CT molecular complexity index is 645. The van der Waals surface area contributed by atoms with Crippen LogP contribution in [0.25, 0.3) is 0 Å². The number of aryl methyl sites for hydroxylation is 3. The minimum absolute atomic E-state index is 0.241. The molecule has 0 aromatic heterocycles. The summed E-state index contributed by atoms with van der Waals surface area (Å²) in [4.78, 5) is 11.0. The lowest BCUT2D eigenvalue weighted by Crippen LogP contribution is -2.01. The number of carboxylic acid groups (broad SMARTS) is 1. The Labute approximate surface area is 118 Å². The molecule has 0 saturated heterocycles. The number of benzene rings is 2. The molecule has 3 heteroatoms. The van der Waals surface area contributed by atoms with Gasteiger partial charge in [0.2, 0.25) is 0 Å². The lowest BCUT2D eigenvalue weighted by atomic mass is 10.1. The molecule has 2 aromatic rings. The fraction of sp³-hybridized carbons (Fsp3) is 0.235. The van der Waals surface area contributed by atoms with Gasteiger partial charge in [-0.05, 0) is 55.2 Å². The van der Waals surface area contributed by atoms with E-state index in [2.05, 4.69) is 26.0 Å². The van der Waals surface area contributed by atoms with Crippen LogP contribution in [0.3, 0.4) is 0 Å². The molecule has 0 fully saturated rings. The lowest BCUT2D eigenvalue weighted by molar-refractivity contribution is 0.0696. The van der Waals surface area contributed by atoms with Gasteiger partial charge < -0.3 is 9.84 Å². The van der Waals surface area contributed by atoms with E-state index >= 15 is 0 Å². The smallest absolute Gasteiger partial charge is 0.335 e. The summed E-state index contributed by atoms with van der Waals surface area (Å²) >= 11 is 0. The maximum Gasteiger partial charge on any atom is 0.335 e. The Kier molecular flexibility index (Phi) is 4.08. The fourth-order valence-corrected chi connectivity index (χ4v) is 1.94. The lowest BCUT2D eigenvalue weighted by Gasteiger charge is -2.11. The highest BCUT2D eigenvalue weighted by atomic mass is 16.5. The summed E-state index contributed by atoms with van der Waals surface area (Å²) < 4.78 is 5.75. The van der Waals surface area contributed by atoms with Crippen molar-refractivity contribution in [1.82, 2.24) is 0 Å². The number of hydrogen-bond acceptors (Lipinski definition) is 2. The fourth-order valence-electron chi connectivity index (χ4n) is 1.94. The van der Waals surface area contributed by atoms with Crippen LogP contribution in [0.2, 0.25) is 0 Å². The quantitative estimate of drug-likeness (QED) is 0.916. The third kappa shape index (κ3) is 3.18. The first-order valence-corrected chi connectivity index (χ1v) is 6.50. The van der Waals surface area contributed by atoms with Gasteiger partial charge in [0.05, 0.1) is 5.56 Å². The molecule has 20 heavy (non-hydrogen) atoms. The summed E-state index contributed by atoms with van der Waals surface area (Å²) in [6, 6.07) is 11.1. The summed E-state index contributed by atoms with van der Waals surface area (Å²) in [6.45, 7) is 6.47. The average molecular weight is 270 g/mol. The molecule has 0 aliphatic rings. The summed E-state index contributed by atoms with van der Waals surface area (Å²) in [6.07, 6.45) is 0. The van der Waals surface area contributed by atoms with E-state index in [9.17, 15) is 4.79 Å². The molecule has 1 N–H and O–H groups in total. The van der Waals surface area contributed by atoms with Gasteiger partial charge in [-0.3, -0.25) is 0 Å². The van der Waals surface area contributed by atoms with Crippen molar-refractivity contribution in [2.24, 2.45) is 0 Å². The number of aromatic carboxylic acids is 1. The number of carboxylic acids is 1. The Balaban J connectivity index is 2.15. The molecule has 0 unspecified atom stereocenters. The SMILES string of the molecule is Cc1ccc(COc2cc(C(=O)O)ccc2C)cc1C. The van der Waals surface area contributed by atoms with Crippen molar-refractivity contribution in [2.75, 3.05) is 0 Å². The number of carbonyl (C=O) groups is 1. The third-order valence-corrected chi connectivity index (χ3v) is 3.40. The second-order valence-corrected chi connectivity index (χ2v) is 4.99. The van der Waals surface area contributed by atoms with Crippen LogP contribution >= 0.6 is 0 Å². The molecular formula is C17H18O3. The molecule has 0 aliphatic carbocycles. The van der Waals surface area contributed by atoms with Crippen molar-refractivity contribution < 1.29 is 14.6 Å². The molecule has 0 heterocycles. The predicted octanol–water partition coefficient (Wildman–Crippen LogP) is 3.89. The average Bonchev–Trinajstić information content (AvgIpc) is 2.41. The molecule has 0 spiro atoms. The van der Waals surface area contributed by atoms with Gasteiger partial charge in [-0.15, -0.1) is 0 Å². The van der Waals surface area contributed by atoms with Crippen LogP contribution in [0.1, 0.15) is 32.6 Å². The van der Waals surface area contributed by atoms with Crippen LogP contribution in [0.5, 0.6) is 5.75 Å². The Morgan fingerprint density at radius 2 is 1.70 bits per heavy atom. The summed E-state index contributed by atoms with van der Waals surface area (Å²) in [5, 5.41) is 9.00. The topological polar surface area (TPSA) is 46.5 Å². The van der Waals surface area contributed by atoms with Gasteiger partial charge in [-0.1, -0.05) is 24.3 Å². The van der Waals surface area contributed by atoms with Crippen molar-refractivity contribution in [2.45, 2.75) is 27.4 Å². The molecule has 0 aliphatic heterocycles. The van der Waals surface area contributed by atoms with Crippen LogP contribution in [0, 0.1) is 20.8 Å². The van der Waals surface area contributed by atoms with Gasteiger partial charge in [0.15, 0.2) is 0 Å². The Morgan fingerprint density at radius 1 is 1.00 bits per heavy atom. The highest BCUT2D eigenvalue weighted by molar-refractivity contribution is 5.88. The van der Waals surface area contributed by atoms with Crippen LogP contribution in [-0.4, -0.2) is 11.1 Å². The van der Waals surface area contributed by atoms with Gasteiger partial charge in [-0.25, -0.2) is 4.79 Å². The van der Waals surface area contributed by atoms with Crippen LogP contribution in [0.15, 0.2) is 36.4 Å². The first kappa shape index (κ1) is 14.1. The first-order valence-electron chi connectivity index (χ1n) is 6.50. The van der Waals surface area contributed by atoms with E-state index in [0.717, 1.165) is 11.1 Å². The van der Waals surface area contributed by atoms with Gasteiger partial charge in [0.25, 0.3) is 0 Å². The van der Waals surface area contributed by atoms with Gasteiger partial charge in [0.1, 0.15) is 12.4 Å². The molecule has 104 valence electrons. The summed E-state index contributed by atoms with van der Waals surface area (Å²) in [5.74, 6) is -0.329. The second kappa shape index (κ2) is 5.78. The molecular weight excluding hydrogens is 252 g/mol. The van der Waals surface area contributed by atoms with E-state index in [4.69, 9.17) is 9.84 Å². The van der Waals surface area contributed by atoms with Gasteiger partial charge >= 0.3 is 5.97 Å². The van der Waals surface area contributed by atoms with Crippen molar-refractivity contribution in [3.63, 3.8) is 0 Å². The van der Waals surface area contributed by atoms with Crippen molar-refractivity contribution in [3.8, 4) is 5.75 Å². The Morgan fingerprint density at radius 3 is 2.35 bits per heavy atom. The number of rotatable bonds is 4. The molecule has 3 nitrogen and oxygen atoms in total. The number of ether oxygens (including phenoxy) is 1. The van der Waals surface area contributed by atoms with E-state index < -0.39 is 5.97 Å². The molecule has 2 rings (SSSR count). The zero-order valence-corrected chi connectivity index (χ0v) is 11.9. The molecule has 2 aromatic carbocycles. The maximum atomic E-state index is 11.0. The summed E-state index contributed by atoms with van der Waals surface area (Å²) in [7, 11) is 0. The normalized spacial score (nSPS) is 10.3. The molecule has 0 amide bonds. The van der Waals surface area contributed by atoms with E-state index in [0.29, 0.717) is 12.4 Å². The summed E-state index contributed by atoms with van der Waals surface area (Å²) in [5.41, 5.74) is 4.72. The Hall–Kier alpha value is -2.29. The van der Waals surface area contributed by atoms with E-state index in [1.165, 1.54) is 11.1 Å². The zero-order valence-electron chi connectivity index (χ0n) is 11.9. The van der Waals surface area contributed by atoms with E-state index in [1.54, 1.807) is 18.2 Å². The number of hydrogen-bond donors (Lipinski definition) is 1.